The quantitative estimate of drug-likeness (QED) is 0.844. The third kappa shape index (κ3) is 2.81. The van der Waals surface area contributed by atoms with E-state index in [9.17, 15) is 14.7 Å². The molecule has 0 saturated heterocycles. The second kappa shape index (κ2) is 6.49. The normalized spacial score (nSPS) is 15.2. The molecular formula is C19H15Cl2NO4. The van der Waals surface area contributed by atoms with Gasteiger partial charge >= 0.3 is 5.97 Å². The molecule has 0 fully saturated rings. The smallest absolute Gasteiger partial charge is 0.338 e. The number of carboxylic acid groups (broad SMARTS) is 1. The maximum atomic E-state index is 12.9. The summed E-state index contributed by atoms with van der Waals surface area (Å²) in [7, 11) is 0. The van der Waals surface area contributed by atoms with Crippen molar-refractivity contribution in [2.75, 3.05) is 13.2 Å². The molecule has 0 aromatic heterocycles. The van der Waals surface area contributed by atoms with Crippen molar-refractivity contribution in [3.05, 3.63) is 62.1 Å². The van der Waals surface area contributed by atoms with E-state index in [1.165, 1.54) is 0 Å². The standard InChI is InChI=1S/C19H15Cl2NO4/c20-14-7-12-9-22(5-3-13(12)17(21)16(14)19(24)25)18(23)11-2-1-10-4-6-26-15(10)8-11/h1-2,7-8H,3-6,9H2,(H,24,25). The number of amides is 1. The summed E-state index contributed by atoms with van der Waals surface area (Å²) < 4.78 is 5.54. The minimum Gasteiger partial charge on any atom is -0.493 e. The van der Waals surface area contributed by atoms with Gasteiger partial charge in [0.15, 0.2) is 0 Å². The zero-order valence-corrected chi connectivity index (χ0v) is 15.2. The van der Waals surface area contributed by atoms with Gasteiger partial charge in [-0.1, -0.05) is 29.3 Å². The van der Waals surface area contributed by atoms with Crippen LogP contribution in [0.25, 0.3) is 0 Å². The molecule has 0 bridgehead atoms. The van der Waals surface area contributed by atoms with Gasteiger partial charge in [0.2, 0.25) is 0 Å². The first kappa shape index (κ1) is 17.2. The Balaban J connectivity index is 1.62. The molecule has 4 rings (SSSR count). The molecule has 2 aliphatic heterocycles. The van der Waals surface area contributed by atoms with Gasteiger partial charge in [-0.2, -0.15) is 0 Å². The molecule has 5 nitrogen and oxygen atoms in total. The number of aromatic carboxylic acids is 1. The highest BCUT2D eigenvalue weighted by Gasteiger charge is 2.28. The second-order valence-corrected chi connectivity index (χ2v) is 7.17. The molecule has 26 heavy (non-hydrogen) atoms. The Labute approximate surface area is 160 Å². The van der Waals surface area contributed by atoms with Crippen LogP contribution < -0.4 is 4.74 Å². The highest BCUT2D eigenvalue weighted by molar-refractivity contribution is 6.39. The lowest BCUT2D eigenvalue weighted by molar-refractivity contribution is 0.0692. The fourth-order valence-electron chi connectivity index (χ4n) is 3.50. The molecule has 2 heterocycles. The average Bonchev–Trinajstić information content (AvgIpc) is 3.07. The van der Waals surface area contributed by atoms with E-state index in [1.807, 2.05) is 12.1 Å². The lowest BCUT2D eigenvalue weighted by Crippen LogP contribution is -2.36. The summed E-state index contributed by atoms with van der Waals surface area (Å²) in [5, 5.41) is 9.52. The van der Waals surface area contributed by atoms with Gasteiger partial charge in [-0.25, -0.2) is 4.79 Å². The summed E-state index contributed by atoms with van der Waals surface area (Å²) in [6.45, 7) is 1.45. The molecule has 0 radical (unpaired) electrons. The number of hydrogen-bond donors (Lipinski definition) is 1. The first-order valence-electron chi connectivity index (χ1n) is 8.23. The van der Waals surface area contributed by atoms with Gasteiger partial charge in [-0.15, -0.1) is 0 Å². The SMILES string of the molecule is O=C(O)c1c(Cl)cc2c(c1Cl)CCN(C(=O)c1ccc3c(c1)OCC3)C2. The van der Waals surface area contributed by atoms with E-state index in [0.29, 0.717) is 31.7 Å². The van der Waals surface area contributed by atoms with E-state index in [4.69, 9.17) is 27.9 Å². The summed E-state index contributed by atoms with van der Waals surface area (Å²) in [5.41, 5.74) is 3.14. The summed E-state index contributed by atoms with van der Waals surface area (Å²) in [6, 6.07) is 7.13. The van der Waals surface area contributed by atoms with E-state index in [1.54, 1.807) is 17.0 Å². The lowest BCUT2D eigenvalue weighted by atomic mass is 9.96. The number of carboxylic acids is 1. The van der Waals surface area contributed by atoms with Crippen molar-refractivity contribution in [2.24, 2.45) is 0 Å². The third-order valence-electron chi connectivity index (χ3n) is 4.85. The molecular weight excluding hydrogens is 377 g/mol. The minimum absolute atomic E-state index is 0.0809. The highest BCUT2D eigenvalue weighted by atomic mass is 35.5. The summed E-state index contributed by atoms with van der Waals surface area (Å²) >= 11 is 12.3. The number of ether oxygens (including phenoxy) is 1. The van der Waals surface area contributed by atoms with E-state index in [-0.39, 0.29) is 21.5 Å². The van der Waals surface area contributed by atoms with Crippen LogP contribution in [-0.4, -0.2) is 35.0 Å². The van der Waals surface area contributed by atoms with Crippen molar-refractivity contribution in [3.8, 4) is 5.75 Å². The van der Waals surface area contributed by atoms with Crippen molar-refractivity contribution in [1.82, 2.24) is 4.90 Å². The maximum absolute atomic E-state index is 12.9. The molecule has 0 spiro atoms. The van der Waals surface area contributed by atoms with Crippen LogP contribution in [0, 0.1) is 0 Å². The first-order valence-corrected chi connectivity index (χ1v) is 8.99. The van der Waals surface area contributed by atoms with E-state index in [0.717, 1.165) is 28.9 Å². The zero-order valence-electron chi connectivity index (χ0n) is 13.7. The number of hydrogen-bond acceptors (Lipinski definition) is 3. The summed E-state index contributed by atoms with van der Waals surface area (Å²) in [6.07, 6.45) is 1.35. The molecule has 0 saturated carbocycles. The van der Waals surface area contributed by atoms with Gasteiger partial charge in [0.25, 0.3) is 5.91 Å². The Morgan fingerprint density at radius 1 is 1.12 bits per heavy atom. The van der Waals surface area contributed by atoms with Crippen molar-refractivity contribution >= 4 is 35.1 Å². The molecule has 2 aromatic carbocycles. The Hall–Kier alpha value is -2.24. The summed E-state index contributed by atoms with van der Waals surface area (Å²) in [4.78, 5) is 25.9. The number of carbonyl (C=O) groups is 2. The Bertz CT molecular complexity index is 942. The van der Waals surface area contributed by atoms with Crippen LogP contribution in [0.3, 0.4) is 0 Å². The second-order valence-electron chi connectivity index (χ2n) is 6.39. The van der Waals surface area contributed by atoms with Crippen molar-refractivity contribution < 1.29 is 19.4 Å². The molecule has 1 amide bonds. The van der Waals surface area contributed by atoms with Gasteiger partial charge < -0.3 is 14.7 Å². The Morgan fingerprint density at radius 2 is 1.92 bits per heavy atom. The number of benzene rings is 2. The highest BCUT2D eigenvalue weighted by Crippen LogP contribution is 2.35. The van der Waals surface area contributed by atoms with Crippen molar-refractivity contribution in [2.45, 2.75) is 19.4 Å². The number of fused-ring (bicyclic) bond motifs is 2. The molecule has 134 valence electrons. The largest absolute Gasteiger partial charge is 0.493 e. The Kier molecular flexibility index (Phi) is 4.29. The fraction of sp³-hybridized carbons (Fsp3) is 0.263. The number of carbonyl (C=O) groups excluding carboxylic acids is 1. The molecule has 2 aliphatic rings. The van der Waals surface area contributed by atoms with Crippen molar-refractivity contribution in [1.29, 1.82) is 0 Å². The fourth-order valence-corrected chi connectivity index (χ4v) is 4.26. The van der Waals surface area contributed by atoms with Crippen LogP contribution >= 0.6 is 23.2 Å². The van der Waals surface area contributed by atoms with Crippen LogP contribution in [0.15, 0.2) is 24.3 Å². The predicted octanol–water partition coefficient (Wildman–Crippen LogP) is 3.83. The first-order chi connectivity index (χ1) is 12.5. The molecule has 7 heteroatoms. The Morgan fingerprint density at radius 3 is 2.69 bits per heavy atom. The van der Waals surface area contributed by atoms with Crippen LogP contribution in [0.5, 0.6) is 5.75 Å². The molecule has 1 N–H and O–H groups in total. The average molecular weight is 392 g/mol. The zero-order chi connectivity index (χ0) is 18.4. The number of halogens is 2. The van der Waals surface area contributed by atoms with Crippen LogP contribution in [-0.2, 0) is 19.4 Å². The molecule has 2 aromatic rings. The summed E-state index contributed by atoms with van der Waals surface area (Å²) in [5.74, 6) is -0.478. The predicted molar refractivity (Wildman–Crippen MR) is 97.5 cm³/mol. The molecule has 0 unspecified atom stereocenters. The lowest BCUT2D eigenvalue weighted by Gasteiger charge is -2.30. The maximum Gasteiger partial charge on any atom is 0.338 e. The van der Waals surface area contributed by atoms with Crippen LogP contribution in [0.1, 0.15) is 37.4 Å². The van der Waals surface area contributed by atoms with E-state index < -0.39 is 5.97 Å². The van der Waals surface area contributed by atoms with Gasteiger partial charge in [0, 0.05) is 25.1 Å². The van der Waals surface area contributed by atoms with Gasteiger partial charge in [0.1, 0.15) is 5.75 Å². The van der Waals surface area contributed by atoms with E-state index in [2.05, 4.69) is 0 Å². The number of nitrogens with zero attached hydrogens (tertiary/aromatic N) is 1. The third-order valence-corrected chi connectivity index (χ3v) is 5.56. The molecule has 0 aliphatic carbocycles. The van der Waals surface area contributed by atoms with Gasteiger partial charge in [-0.3, -0.25) is 4.79 Å². The van der Waals surface area contributed by atoms with Crippen LogP contribution in [0.2, 0.25) is 10.0 Å². The van der Waals surface area contributed by atoms with Crippen LogP contribution in [0.4, 0.5) is 0 Å². The van der Waals surface area contributed by atoms with Crippen molar-refractivity contribution in [3.63, 3.8) is 0 Å². The monoisotopic (exact) mass is 391 g/mol. The van der Waals surface area contributed by atoms with E-state index >= 15 is 0 Å². The van der Waals surface area contributed by atoms with Gasteiger partial charge in [0.05, 0.1) is 22.2 Å². The minimum atomic E-state index is -1.15. The molecule has 0 atom stereocenters. The number of rotatable bonds is 2. The van der Waals surface area contributed by atoms with Gasteiger partial charge in [-0.05, 0) is 41.3 Å². The topological polar surface area (TPSA) is 66.8 Å².